The largest absolute Gasteiger partial charge is 0.465 e. The molecular weight excluding hydrogens is 214 g/mol. The normalized spacial score (nSPS) is 15.4. The molecule has 6 nitrogen and oxygen atoms in total. The van der Waals surface area contributed by atoms with Gasteiger partial charge in [-0.2, -0.15) is 0 Å². The van der Waals surface area contributed by atoms with E-state index in [9.17, 15) is 19.2 Å². The van der Waals surface area contributed by atoms with Crippen molar-refractivity contribution in [2.24, 2.45) is 0 Å². The van der Waals surface area contributed by atoms with Crippen LogP contribution in [0.5, 0.6) is 0 Å². The van der Waals surface area contributed by atoms with Gasteiger partial charge in [0.25, 0.3) is 0 Å². The summed E-state index contributed by atoms with van der Waals surface area (Å²) in [7, 11) is 0. The van der Waals surface area contributed by atoms with Gasteiger partial charge in [-0.15, -0.1) is 0 Å². The van der Waals surface area contributed by atoms with Crippen LogP contribution in [0.3, 0.4) is 0 Å². The summed E-state index contributed by atoms with van der Waals surface area (Å²) in [4.78, 5) is 45.4. The van der Waals surface area contributed by atoms with Crippen LogP contribution in [-0.4, -0.2) is 35.2 Å². The van der Waals surface area contributed by atoms with Gasteiger partial charge in [-0.25, -0.2) is 4.90 Å². The van der Waals surface area contributed by atoms with Crippen LogP contribution in [-0.2, 0) is 23.9 Å². The van der Waals surface area contributed by atoms with E-state index in [1.165, 1.54) is 0 Å². The second-order valence-corrected chi connectivity index (χ2v) is 3.41. The molecule has 1 saturated heterocycles. The van der Waals surface area contributed by atoms with E-state index in [1.807, 2.05) is 6.92 Å². The Labute approximate surface area is 92.5 Å². The van der Waals surface area contributed by atoms with Crippen molar-refractivity contribution in [1.29, 1.82) is 0 Å². The number of imide groups is 3. The quantitative estimate of drug-likeness (QED) is 0.384. The summed E-state index contributed by atoms with van der Waals surface area (Å²) in [6.45, 7) is 2.05. The van der Waals surface area contributed by atoms with Crippen LogP contribution in [0.4, 0.5) is 0 Å². The van der Waals surface area contributed by atoms with E-state index < -0.39 is 30.1 Å². The van der Waals surface area contributed by atoms with Crippen molar-refractivity contribution < 1.29 is 23.9 Å². The van der Waals surface area contributed by atoms with Gasteiger partial charge in [0.2, 0.25) is 17.7 Å². The van der Waals surface area contributed by atoms with Crippen LogP contribution in [0.2, 0.25) is 0 Å². The predicted octanol–water partition coefficient (Wildman–Crippen LogP) is 0.00530. The molecule has 0 aromatic heterocycles. The Morgan fingerprint density at radius 2 is 1.81 bits per heavy atom. The van der Waals surface area contributed by atoms with Gasteiger partial charge in [0.05, 0.1) is 6.61 Å². The molecule has 1 fully saturated rings. The highest BCUT2D eigenvalue weighted by Gasteiger charge is 2.35. The van der Waals surface area contributed by atoms with Crippen LogP contribution in [0, 0.1) is 0 Å². The maximum absolute atomic E-state index is 11.4. The molecule has 1 heterocycles. The number of hydrogen-bond donors (Lipinski definition) is 0. The third-order valence-corrected chi connectivity index (χ3v) is 2.06. The number of carbonyl (C=O) groups excluding carboxylic acids is 4. The molecule has 6 heteroatoms. The number of hydrogen-bond acceptors (Lipinski definition) is 5. The van der Waals surface area contributed by atoms with Crippen LogP contribution in [0.15, 0.2) is 0 Å². The minimum atomic E-state index is -0.798. The monoisotopic (exact) mass is 227 g/mol. The van der Waals surface area contributed by atoms with Crippen molar-refractivity contribution in [1.82, 2.24) is 4.90 Å². The zero-order chi connectivity index (χ0) is 12.1. The fraction of sp³-hybridized carbons (Fsp3) is 0.600. The lowest BCUT2D eigenvalue weighted by Gasteiger charge is -2.10. The van der Waals surface area contributed by atoms with Gasteiger partial charge in [0.1, 0.15) is 6.42 Å². The lowest BCUT2D eigenvalue weighted by atomic mass is 10.3. The smallest absolute Gasteiger partial charge is 0.315 e. The Morgan fingerprint density at radius 1 is 1.25 bits per heavy atom. The van der Waals surface area contributed by atoms with E-state index in [0.29, 0.717) is 11.3 Å². The van der Waals surface area contributed by atoms with E-state index in [2.05, 4.69) is 4.74 Å². The zero-order valence-electron chi connectivity index (χ0n) is 9.02. The van der Waals surface area contributed by atoms with Crippen molar-refractivity contribution in [3.05, 3.63) is 0 Å². The van der Waals surface area contributed by atoms with E-state index in [1.54, 1.807) is 0 Å². The highest BCUT2D eigenvalue weighted by Crippen LogP contribution is 2.13. The topological polar surface area (TPSA) is 80.8 Å². The molecule has 0 bridgehead atoms. The summed E-state index contributed by atoms with van der Waals surface area (Å²) in [6.07, 6.45) is 0.169. The summed E-state index contributed by atoms with van der Waals surface area (Å²) >= 11 is 0. The number of rotatable bonds is 4. The number of carbonyl (C=O) groups is 4. The van der Waals surface area contributed by atoms with Crippen LogP contribution >= 0.6 is 0 Å². The Morgan fingerprint density at radius 3 is 2.31 bits per heavy atom. The first-order valence-electron chi connectivity index (χ1n) is 5.10. The molecule has 3 amide bonds. The van der Waals surface area contributed by atoms with Gasteiger partial charge in [-0.3, -0.25) is 19.2 Å². The summed E-state index contributed by atoms with van der Waals surface area (Å²) in [5.74, 6) is -2.59. The Kier molecular flexibility index (Phi) is 4.16. The molecular formula is C10H13NO5. The standard InChI is InChI=1S/C10H13NO5/c1-2-5-16-10(15)6-9(14)11-7(12)3-4-8(11)13/h2-6H2,1H3. The van der Waals surface area contributed by atoms with Crippen molar-refractivity contribution in [2.75, 3.05) is 6.61 Å². The number of ether oxygens (including phenoxy) is 1. The molecule has 0 aliphatic carbocycles. The second-order valence-electron chi connectivity index (χ2n) is 3.41. The lowest BCUT2D eigenvalue weighted by molar-refractivity contribution is -0.153. The first kappa shape index (κ1) is 12.4. The average Bonchev–Trinajstić information content (AvgIpc) is 2.55. The molecule has 0 aromatic rings. The van der Waals surface area contributed by atoms with Gasteiger partial charge >= 0.3 is 5.97 Å². The van der Waals surface area contributed by atoms with Crippen molar-refractivity contribution >= 4 is 23.7 Å². The molecule has 1 aliphatic heterocycles. The van der Waals surface area contributed by atoms with Gasteiger partial charge in [0.15, 0.2) is 0 Å². The molecule has 0 saturated carbocycles. The number of amides is 3. The molecule has 1 aliphatic rings. The van der Waals surface area contributed by atoms with Crippen molar-refractivity contribution in [3.8, 4) is 0 Å². The third-order valence-electron chi connectivity index (χ3n) is 2.06. The molecule has 0 N–H and O–H groups in total. The van der Waals surface area contributed by atoms with Gasteiger partial charge in [-0.05, 0) is 6.42 Å². The molecule has 0 unspecified atom stereocenters. The van der Waals surface area contributed by atoms with Crippen LogP contribution in [0.1, 0.15) is 32.6 Å². The average molecular weight is 227 g/mol. The zero-order valence-corrected chi connectivity index (χ0v) is 9.02. The minimum Gasteiger partial charge on any atom is -0.465 e. The van der Waals surface area contributed by atoms with Gasteiger partial charge in [-0.1, -0.05) is 6.92 Å². The summed E-state index contributed by atoms with van der Waals surface area (Å²) in [5, 5.41) is 0. The number of likely N-dealkylation sites (tertiary alicyclic amines) is 1. The maximum atomic E-state index is 11.4. The number of nitrogens with zero attached hydrogens (tertiary/aromatic N) is 1. The molecule has 16 heavy (non-hydrogen) atoms. The first-order chi connectivity index (χ1) is 7.56. The third kappa shape index (κ3) is 2.88. The molecule has 0 spiro atoms. The van der Waals surface area contributed by atoms with E-state index in [0.717, 1.165) is 0 Å². The fourth-order valence-electron chi connectivity index (χ4n) is 1.32. The molecule has 0 atom stereocenters. The van der Waals surface area contributed by atoms with E-state index in [-0.39, 0.29) is 19.4 Å². The van der Waals surface area contributed by atoms with Crippen molar-refractivity contribution in [2.45, 2.75) is 32.6 Å². The minimum absolute atomic E-state index is 0.0363. The summed E-state index contributed by atoms with van der Waals surface area (Å²) in [6, 6.07) is 0. The molecule has 88 valence electrons. The molecule has 0 aromatic carbocycles. The van der Waals surface area contributed by atoms with Crippen LogP contribution < -0.4 is 0 Å². The summed E-state index contributed by atoms with van der Waals surface area (Å²) in [5.41, 5.74) is 0. The Bertz CT molecular complexity index is 320. The maximum Gasteiger partial charge on any atom is 0.315 e. The van der Waals surface area contributed by atoms with Crippen molar-refractivity contribution in [3.63, 3.8) is 0 Å². The van der Waals surface area contributed by atoms with Crippen LogP contribution in [0.25, 0.3) is 0 Å². The SMILES string of the molecule is CCCOC(=O)CC(=O)N1C(=O)CCC1=O. The lowest BCUT2D eigenvalue weighted by Crippen LogP contribution is -2.37. The molecule has 0 radical (unpaired) electrons. The highest BCUT2D eigenvalue weighted by molar-refractivity contribution is 6.17. The first-order valence-corrected chi connectivity index (χ1v) is 5.10. The Hall–Kier alpha value is -1.72. The second kappa shape index (κ2) is 5.39. The predicted molar refractivity (Wildman–Crippen MR) is 52.0 cm³/mol. The van der Waals surface area contributed by atoms with Gasteiger partial charge < -0.3 is 4.74 Å². The van der Waals surface area contributed by atoms with E-state index >= 15 is 0 Å². The fourth-order valence-corrected chi connectivity index (χ4v) is 1.32. The highest BCUT2D eigenvalue weighted by atomic mass is 16.5. The van der Waals surface area contributed by atoms with E-state index in [4.69, 9.17) is 0 Å². The Balaban J connectivity index is 2.48. The summed E-state index contributed by atoms with van der Waals surface area (Å²) < 4.78 is 4.68. The van der Waals surface area contributed by atoms with Gasteiger partial charge in [0, 0.05) is 12.8 Å². The number of esters is 1. The molecule has 1 rings (SSSR count).